The number of aryl methyl sites for hydroxylation is 2. The molecule has 0 bridgehead atoms. The molecule has 0 aliphatic rings. The largest absolute Gasteiger partial charge is 0.322 e. The smallest absolute Gasteiger partial charge is 0.255 e. The first-order valence-corrected chi connectivity index (χ1v) is 10.5. The van der Waals surface area contributed by atoms with Crippen molar-refractivity contribution < 1.29 is 9.59 Å². The first-order chi connectivity index (χ1) is 13.4. The van der Waals surface area contributed by atoms with E-state index < -0.39 is 0 Å². The SMILES string of the molecule is Cc1ccc(C(=O)Nc2ccc(SC(C)C(=O)Nc3nc(C)cs3)cc2)cc1. The number of hydrogen-bond acceptors (Lipinski definition) is 5. The summed E-state index contributed by atoms with van der Waals surface area (Å²) in [6.07, 6.45) is 0. The van der Waals surface area contributed by atoms with Gasteiger partial charge in [0.1, 0.15) is 0 Å². The van der Waals surface area contributed by atoms with E-state index in [0.717, 1.165) is 16.2 Å². The minimum absolute atomic E-state index is 0.0869. The topological polar surface area (TPSA) is 71.1 Å². The molecule has 7 heteroatoms. The van der Waals surface area contributed by atoms with Crippen LogP contribution in [0.3, 0.4) is 0 Å². The lowest BCUT2D eigenvalue weighted by Crippen LogP contribution is -2.22. The summed E-state index contributed by atoms with van der Waals surface area (Å²) in [5.41, 5.74) is 3.34. The fourth-order valence-corrected chi connectivity index (χ4v) is 3.96. The van der Waals surface area contributed by atoms with E-state index in [2.05, 4.69) is 15.6 Å². The Kier molecular flexibility index (Phi) is 6.49. The maximum absolute atomic E-state index is 12.3. The molecular weight excluding hydrogens is 390 g/mol. The van der Waals surface area contributed by atoms with E-state index in [1.807, 2.05) is 62.5 Å². The number of aromatic nitrogens is 1. The zero-order chi connectivity index (χ0) is 20.1. The van der Waals surface area contributed by atoms with Crippen LogP contribution in [-0.2, 0) is 4.79 Å². The number of nitrogens with zero attached hydrogens (tertiary/aromatic N) is 1. The minimum Gasteiger partial charge on any atom is -0.322 e. The highest BCUT2D eigenvalue weighted by atomic mass is 32.2. The summed E-state index contributed by atoms with van der Waals surface area (Å²) in [5.74, 6) is -0.233. The Morgan fingerprint density at radius 2 is 1.68 bits per heavy atom. The first-order valence-electron chi connectivity index (χ1n) is 8.78. The number of benzene rings is 2. The van der Waals surface area contributed by atoms with Crippen molar-refractivity contribution in [3.8, 4) is 0 Å². The summed E-state index contributed by atoms with van der Waals surface area (Å²) in [4.78, 5) is 29.8. The highest BCUT2D eigenvalue weighted by Gasteiger charge is 2.16. The fourth-order valence-electron chi connectivity index (χ4n) is 2.40. The van der Waals surface area contributed by atoms with Gasteiger partial charge in [0.2, 0.25) is 5.91 Å². The van der Waals surface area contributed by atoms with Gasteiger partial charge in [-0.15, -0.1) is 23.1 Å². The summed E-state index contributed by atoms with van der Waals surface area (Å²) >= 11 is 2.87. The van der Waals surface area contributed by atoms with E-state index in [0.29, 0.717) is 16.4 Å². The molecule has 0 radical (unpaired) electrons. The number of amides is 2. The number of thioether (sulfide) groups is 1. The second kappa shape index (κ2) is 9.03. The lowest BCUT2D eigenvalue weighted by Gasteiger charge is -2.11. The molecule has 3 aromatic rings. The van der Waals surface area contributed by atoms with Gasteiger partial charge in [0, 0.05) is 21.5 Å². The van der Waals surface area contributed by atoms with Crippen molar-refractivity contribution in [3.05, 3.63) is 70.7 Å². The third-order valence-corrected chi connectivity index (χ3v) is 5.94. The van der Waals surface area contributed by atoms with Gasteiger partial charge >= 0.3 is 0 Å². The third-order valence-electron chi connectivity index (χ3n) is 3.96. The Bertz CT molecular complexity index is 966. The summed E-state index contributed by atoms with van der Waals surface area (Å²) in [6.45, 7) is 5.73. The van der Waals surface area contributed by atoms with E-state index >= 15 is 0 Å². The number of thiazole rings is 1. The molecule has 1 aromatic heterocycles. The van der Waals surface area contributed by atoms with Gasteiger partial charge in [-0.2, -0.15) is 0 Å². The van der Waals surface area contributed by atoms with Crippen LogP contribution in [0.1, 0.15) is 28.5 Å². The predicted molar refractivity (Wildman–Crippen MR) is 116 cm³/mol. The van der Waals surface area contributed by atoms with Crippen LogP contribution in [0, 0.1) is 13.8 Å². The van der Waals surface area contributed by atoms with Gasteiger partial charge in [-0.05, 0) is 57.2 Å². The Labute approximate surface area is 172 Å². The van der Waals surface area contributed by atoms with Crippen LogP contribution in [0.25, 0.3) is 0 Å². The van der Waals surface area contributed by atoms with Crippen molar-refractivity contribution in [1.29, 1.82) is 0 Å². The van der Waals surface area contributed by atoms with Crippen LogP contribution < -0.4 is 10.6 Å². The maximum Gasteiger partial charge on any atom is 0.255 e. The molecule has 2 aromatic carbocycles. The Morgan fingerprint density at radius 1 is 1.00 bits per heavy atom. The van der Waals surface area contributed by atoms with Crippen molar-refractivity contribution in [2.24, 2.45) is 0 Å². The average molecular weight is 412 g/mol. The molecule has 28 heavy (non-hydrogen) atoms. The highest BCUT2D eigenvalue weighted by Crippen LogP contribution is 2.26. The third kappa shape index (κ3) is 5.43. The number of hydrogen-bond donors (Lipinski definition) is 2. The Hall–Kier alpha value is -2.64. The van der Waals surface area contributed by atoms with Gasteiger partial charge in [-0.3, -0.25) is 9.59 Å². The lowest BCUT2D eigenvalue weighted by molar-refractivity contribution is -0.115. The van der Waals surface area contributed by atoms with E-state index in [1.54, 1.807) is 12.1 Å². The minimum atomic E-state index is -0.266. The van der Waals surface area contributed by atoms with E-state index in [9.17, 15) is 9.59 Å². The van der Waals surface area contributed by atoms with Gasteiger partial charge in [-0.1, -0.05) is 17.7 Å². The molecule has 1 heterocycles. The predicted octanol–water partition coefficient (Wildman–Crippen LogP) is 5.13. The van der Waals surface area contributed by atoms with E-state index in [1.165, 1.54) is 23.1 Å². The molecule has 3 rings (SSSR count). The summed E-state index contributed by atoms with van der Waals surface area (Å²) in [6, 6.07) is 14.9. The second-order valence-electron chi connectivity index (χ2n) is 6.39. The first kappa shape index (κ1) is 20.1. The fraction of sp³-hybridized carbons (Fsp3) is 0.190. The zero-order valence-electron chi connectivity index (χ0n) is 15.9. The molecule has 0 fully saturated rings. The lowest BCUT2D eigenvalue weighted by atomic mass is 10.1. The van der Waals surface area contributed by atoms with Gasteiger partial charge in [0.25, 0.3) is 5.91 Å². The standard InChI is InChI=1S/C21H21N3O2S2/c1-13-4-6-16(7-5-13)20(26)23-17-8-10-18(11-9-17)28-15(3)19(25)24-21-22-14(2)12-27-21/h4-12,15H,1-3H3,(H,23,26)(H,22,24,25). The average Bonchev–Trinajstić information content (AvgIpc) is 3.08. The summed E-state index contributed by atoms with van der Waals surface area (Å²) < 4.78 is 0. The second-order valence-corrected chi connectivity index (χ2v) is 8.66. The molecule has 1 atom stereocenters. The van der Waals surface area contributed by atoms with Crippen LogP contribution >= 0.6 is 23.1 Å². The molecule has 0 aliphatic carbocycles. The van der Waals surface area contributed by atoms with Gasteiger partial charge < -0.3 is 10.6 Å². The number of carbonyl (C=O) groups is 2. The monoisotopic (exact) mass is 411 g/mol. The van der Waals surface area contributed by atoms with Crippen molar-refractivity contribution in [3.63, 3.8) is 0 Å². The van der Waals surface area contributed by atoms with Crippen LogP contribution in [0.15, 0.2) is 58.8 Å². The molecule has 0 saturated carbocycles. The van der Waals surface area contributed by atoms with Crippen LogP contribution in [-0.4, -0.2) is 22.0 Å². The van der Waals surface area contributed by atoms with Crippen LogP contribution in [0.2, 0.25) is 0 Å². The van der Waals surface area contributed by atoms with Crippen LogP contribution in [0.5, 0.6) is 0 Å². The molecule has 1 unspecified atom stereocenters. The summed E-state index contributed by atoms with van der Waals surface area (Å²) in [5, 5.41) is 7.96. The van der Waals surface area contributed by atoms with Crippen molar-refractivity contribution in [2.75, 3.05) is 10.6 Å². The number of nitrogens with one attached hydrogen (secondary N) is 2. The maximum atomic E-state index is 12.3. The van der Waals surface area contributed by atoms with E-state index in [-0.39, 0.29) is 17.1 Å². The number of rotatable bonds is 6. The molecule has 2 N–H and O–H groups in total. The molecule has 0 spiro atoms. The van der Waals surface area contributed by atoms with Crippen LogP contribution in [0.4, 0.5) is 10.8 Å². The van der Waals surface area contributed by atoms with Crippen molar-refractivity contribution >= 4 is 45.7 Å². The Balaban J connectivity index is 1.55. The normalized spacial score (nSPS) is 11.7. The van der Waals surface area contributed by atoms with Crippen molar-refractivity contribution in [2.45, 2.75) is 30.9 Å². The molecule has 144 valence electrons. The number of anilines is 2. The molecule has 0 saturated heterocycles. The zero-order valence-corrected chi connectivity index (χ0v) is 17.5. The van der Waals surface area contributed by atoms with Gasteiger partial charge in [0.15, 0.2) is 5.13 Å². The van der Waals surface area contributed by atoms with Crippen molar-refractivity contribution in [1.82, 2.24) is 4.98 Å². The van der Waals surface area contributed by atoms with Gasteiger partial charge in [0.05, 0.1) is 10.9 Å². The molecule has 5 nitrogen and oxygen atoms in total. The molecular formula is C21H21N3O2S2. The molecule has 0 aliphatic heterocycles. The number of carbonyl (C=O) groups excluding carboxylic acids is 2. The van der Waals surface area contributed by atoms with E-state index in [4.69, 9.17) is 0 Å². The Morgan fingerprint density at radius 3 is 2.29 bits per heavy atom. The summed E-state index contributed by atoms with van der Waals surface area (Å²) in [7, 11) is 0. The molecule has 2 amide bonds. The highest BCUT2D eigenvalue weighted by molar-refractivity contribution is 8.00. The quantitative estimate of drug-likeness (QED) is 0.552. The van der Waals surface area contributed by atoms with Gasteiger partial charge in [-0.25, -0.2) is 4.98 Å².